The number of rotatable bonds is 9. The molecule has 5 heteroatoms. The number of amides is 1. The smallest absolute Gasteiger partial charge is 0.220 e. The number of carbonyl (C=O) groups excluding carboxylic acids is 1. The Morgan fingerprint density at radius 1 is 1.07 bits per heavy atom. The van der Waals surface area contributed by atoms with Gasteiger partial charge in [-0.15, -0.1) is 0 Å². The van der Waals surface area contributed by atoms with Crippen LogP contribution < -0.4 is 5.32 Å². The SMILES string of the molecule is CC(C)Cc1ccc(-c2cnc(CCC(=O)NCCc3ccccn3)o2)cc1. The minimum Gasteiger partial charge on any atom is -0.441 e. The summed E-state index contributed by atoms with van der Waals surface area (Å²) in [5.41, 5.74) is 3.30. The first-order valence-electron chi connectivity index (χ1n) is 9.81. The average Bonchev–Trinajstić information content (AvgIpc) is 3.16. The zero-order chi connectivity index (χ0) is 19.8. The zero-order valence-electron chi connectivity index (χ0n) is 16.5. The van der Waals surface area contributed by atoms with Gasteiger partial charge in [0.2, 0.25) is 5.91 Å². The third-order valence-corrected chi connectivity index (χ3v) is 4.43. The Kier molecular flexibility index (Phi) is 6.95. The van der Waals surface area contributed by atoms with E-state index in [1.54, 1.807) is 12.4 Å². The molecule has 1 aromatic carbocycles. The molecular weight excluding hydrogens is 350 g/mol. The monoisotopic (exact) mass is 377 g/mol. The topological polar surface area (TPSA) is 68.0 Å². The van der Waals surface area contributed by atoms with Crippen molar-refractivity contribution in [3.8, 4) is 11.3 Å². The second-order valence-electron chi connectivity index (χ2n) is 7.33. The van der Waals surface area contributed by atoms with E-state index in [4.69, 9.17) is 4.42 Å². The standard InChI is InChI=1S/C23H27N3O2/c1-17(2)15-18-6-8-19(9-7-18)21-16-26-23(28-21)11-10-22(27)25-14-12-20-5-3-4-13-24-20/h3-9,13,16-17H,10-12,14-15H2,1-2H3,(H,25,27). The van der Waals surface area contributed by atoms with Crippen LogP contribution in [-0.2, 0) is 24.1 Å². The summed E-state index contributed by atoms with van der Waals surface area (Å²) in [6, 6.07) is 14.2. The van der Waals surface area contributed by atoms with Gasteiger partial charge in [-0.05, 0) is 30.0 Å². The highest BCUT2D eigenvalue weighted by Gasteiger charge is 2.09. The zero-order valence-corrected chi connectivity index (χ0v) is 16.5. The van der Waals surface area contributed by atoms with Crippen LogP contribution in [0.15, 0.2) is 59.3 Å². The number of aryl methyl sites for hydroxylation is 1. The number of nitrogens with one attached hydrogen (secondary N) is 1. The molecule has 0 spiro atoms. The van der Waals surface area contributed by atoms with Crippen LogP contribution in [0.5, 0.6) is 0 Å². The van der Waals surface area contributed by atoms with Gasteiger partial charge in [0, 0.05) is 43.3 Å². The lowest BCUT2D eigenvalue weighted by molar-refractivity contribution is -0.121. The van der Waals surface area contributed by atoms with E-state index in [2.05, 4.69) is 53.4 Å². The highest BCUT2D eigenvalue weighted by atomic mass is 16.4. The summed E-state index contributed by atoms with van der Waals surface area (Å²) in [4.78, 5) is 20.6. The first-order chi connectivity index (χ1) is 13.6. The van der Waals surface area contributed by atoms with Crippen molar-refractivity contribution >= 4 is 5.91 Å². The largest absolute Gasteiger partial charge is 0.441 e. The van der Waals surface area contributed by atoms with Crippen molar-refractivity contribution in [2.45, 2.75) is 39.5 Å². The van der Waals surface area contributed by atoms with Gasteiger partial charge in [0.1, 0.15) is 0 Å². The van der Waals surface area contributed by atoms with Crippen molar-refractivity contribution in [3.63, 3.8) is 0 Å². The van der Waals surface area contributed by atoms with Crippen LogP contribution in [-0.4, -0.2) is 22.4 Å². The Hall–Kier alpha value is -2.95. The summed E-state index contributed by atoms with van der Waals surface area (Å²) in [6.07, 6.45) is 6.12. The van der Waals surface area contributed by atoms with E-state index in [-0.39, 0.29) is 5.91 Å². The van der Waals surface area contributed by atoms with Crippen molar-refractivity contribution in [1.29, 1.82) is 0 Å². The van der Waals surface area contributed by atoms with E-state index >= 15 is 0 Å². The molecule has 0 aliphatic carbocycles. The molecule has 0 aliphatic rings. The predicted octanol–water partition coefficient (Wildman–Crippen LogP) is 4.23. The summed E-state index contributed by atoms with van der Waals surface area (Å²) >= 11 is 0. The number of hydrogen-bond donors (Lipinski definition) is 1. The summed E-state index contributed by atoms with van der Waals surface area (Å²) < 4.78 is 5.81. The summed E-state index contributed by atoms with van der Waals surface area (Å²) in [6.45, 7) is 5.01. The lowest BCUT2D eigenvalue weighted by Gasteiger charge is -2.05. The van der Waals surface area contributed by atoms with Gasteiger partial charge in [-0.2, -0.15) is 0 Å². The van der Waals surface area contributed by atoms with Crippen LogP contribution in [0.4, 0.5) is 0 Å². The molecule has 28 heavy (non-hydrogen) atoms. The van der Waals surface area contributed by atoms with Gasteiger partial charge in [-0.25, -0.2) is 4.98 Å². The van der Waals surface area contributed by atoms with Crippen LogP contribution in [0.3, 0.4) is 0 Å². The molecule has 146 valence electrons. The van der Waals surface area contributed by atoms with Crippen molar-refractivity contribution in [2.75, 3.05) is 6.54 Å². The number of nitrogens with zero attached hydrogens (tertiary/aromatic N) is 2. The Morgan fingerprint density at radius 2 is 1.89 bits per heavy atom. The summed E-state index contributed by atoms with van der Waals surface area (Å²) in [5.74, 6) is 1.95. The Balaban J connectivity index is 1.44. The van der Waals surface area contributed by atoms with E-state index in [0.717, 1.165) is 29.9 Å². The number of carbonyl (C=O) groups is 1. The van der Waals surface area contributed by atoms with Crippen molar-refractivity contribution in [3.05, 3.63) is 72.0 Å². The summed E-state index contributed by atoms with van der Waals surface area (Å²) in [7, 11) is 0. The molecule has 0 saturated heterocycles. The third-order valence-electron chi connectivity index (χ3n) is 4.43. The molecule has 3 aromatic rings. The maximum absolute atomic E-state index is 12.0. The fourth-order valence-corrected chi connectivity index (χ4v) is 3.02. The molecule has 1 N–H and O–H groups in total. The highest BCUT2D eigenvalue weighted by Crippen LogP contribution is 2.22. The van der Waals surface area contributed by atoms with Gasteiger partial charge in [0.15, 0.2) is 11.7 Å². The van der Waals surface area contributed by atoms with Gasteiger partial charge in [0.25, 0.3) is 0 Å². The van der Waals surface area contributed by atoms with Gasteiger partial charge in [-0.3, -0.25) is 9.78 Å². The van der Waals surface area contributed by atoms with Crippen molar-refractivity contribution < 1.29 is 9.21 Å². The number of pyridine rings is 1. The molecule has 2 heterocycles. The van der Waals surface area contributed by atoms with Crippen LogP contribution in [0.2, 0.25) is 0 Å². The molecule has 0 fully saturated rings. The lowest BCUT2D eigenvalue weighted by Crippen LogP contribution is -2.26. The van der Waals surface area contributed by atoms with Crippen LogP contribution in [0.25, 0.3) is 11.3 Å². The molecule has 0 aliphatic heterocycles. The van der Waals surface area contributed by atoms with Gasteiger partial charge in [0.05, 0.1) is 6.20 Å². The molecule has 0 bridgehead atoms. The minimum absolute atomic E-state index is 0.00582. The van der Waals surface area contributed by atoms with E-state index in [1.807, 2.05) is 18.2 Å². The number of oxazole rings is 1. The van der Waals surface area contributed by atoms with E-state index < -0.39 is 0 Å². The van der Waals surface area contributed by atoms with Crippen LogP contribution >= 0.6 is 0 Å². The predicted molar refractivity (Wildman–Crippen MR) is 110 cm³/mol. The van der Waals surface area contributed by atoms with Crippen molar-refractivity contribution in [2.24, 2.45) is 5.92 Å². The lowest BCUT2D eigenvalue weighted by atomic mass is 10.0. The second kappa shape index (κ2) is 9.83. The minimum atomic E-state index is -0.00582. The average molecular weight is 377 g/mol. The number of benzene rings is 1. The van der Waals surface area contributed by atoms with Gasteiger partial charge in [-0.1, -0.05) is 44.2 Å². The Bertz CT molecular complexity index is 870. The van der Waals surface area contributed by atoms with E-state index in [0.29, 0.717) is 31.2 Å². The van der Waals surface area contributed by atoms with Gasteiger partial charge < -0.3 is 9.73 Å². The molecule has 2 aromatic heterocycles. The maximum Gasteiger partial charge on any atom is 0.220 e. The molecular formula is C23H27N3O2. The molecule has 3 rings (SSSR count). The number of aromatic nitrogens is 2. The van der Waals surface area contributed by atoms with Crippen LogP contribution in [0.1, 0.15) is 37.4 Å². The molecule has 0 unspecified atom stereocenters. The maximum atomic E-state index is 12.0. The number of hydrogen-bond acceptors (Lipinski definition) is 4. The molecule has 0 radical (unpaired) electrons. The van der Waals surface area contributed by atoms with E-state index in [1.165, 1.54) is 5.56 Å². The normalized spacial score (nSPS) is 11.0. The molecule has 0 saturated carbocycles. The third kappa shape index (κ3) is 6.05. The van der Waals surface area contributed by atoms with E-state index in [9.17, 15) is 4.79 Å². The second-order valence-corrected chi connectivity index (χ2v) is 7.33. The molecule has 1 amide bonds. The first-order valence-corrected chi connectivity index (χ1v) is 9.81. The van der Waals surface area contributed by atoms with Crippen LogP contribution in [0, 0.1) is 5.92 Å². The molecule has 0 atom stereocenters. The van der Waals surface area contributed by atoms with Crippen molar-refractivity contribution in [1.82, 2.24) is 15.3 Å². The summed E-state index contributed by atoms with van der Waals surface area (Å²) in [5, 5.41) is 2.91. The fourth-order valence-electron chi connectivity index (χ4n) is 3.02. The quantitative estimate of drug-likeness (QED) is 0.606. The Morgan fingerprint density at radius 3 is 2.61 bits per heavy atom. The highest BCUT2D eigenvalue weighted by molar-refractivity contribution is 5.76. The first kappa shape index (κ1) is 19.8. The van der Waals surface area contributed by atoms with Gasteiger partial charge >= 0.3 is 0 Å². The fraction of sp³-hybridized carbons (Fsp3) is 0.348. The Labute approximate surface area is 166 Å². The molecule has 5 nitrogen and oxygen atoms in total.